The summed E-state index contributed by atoms with van der Waals surface area (Å²) >= 11 is 7.31. The number of aryl methyl sites for hydroxylation is 1. The van der Waals surface area contributed by atoms with Crippen LogP contribution in [0.5, 0.6) is 0 Å². The van der Waals surface area contributed by atoms with Gasteiger partial charge in [-0.05, 0) is 49.8 Å². The molecule has 1 fully saturated rings. The quantitative estimate of drug-likeness (QED) is 0.784. The van der Waals surface area contributed by atoms with Crippen LogP contribution in [0, 0.1) is 6.92 Å². The zero-order valence-corrected chi connectivity index (χ0v) is 16.5. The number of likely N-dealkylation sites (N-methyl/N-ethyl adjacent to an activating group) is 1. The molecule has 3 rings (SSSR count). The van der Waals surface area contributed by atoms with Crippen molar-refractivity contribution in [1.82, 2.24) is 15.1 Å². The van der Waals surface area contributed by atoms with Gasteiger partial charge in [-0.1, -0.05) is 23.8 Å². The standard InChI is InChI=1S/C19H26N4S2/c1-15-5-7-16(8-6-15)21-19(24)20-14-17(18-4-3-13-25-18)23-11-9-22(2)10-12-23/h3-8,13,17H,9-12,14H2,1-2H3,(H2,20,21,24). The third-order valence-corrected chi connectivity index (χ3v) is 5.84. The number of piperazine rings is 1. The molecule has 25 heavy (non-hydrogen) atoms. The summed E-state index contributed by atoms with van der Waals surface area (Å²) in [5.74, 6) is 0. The van der Waals surface area contributed by atoms with Crippen molar-refractivity contribution in [2.75, 3.05) is 45.1 Å². The first-order valence-electron chi connectivity index (χ1n) is 8.69. The van der Waals surface area contributed by atoms with E-state index >= 15 is 0 Å². The molecule has 2 N–H and O–H groups in total. The van der Waals surface area contributed by atoms with Crippen LogP contribution in [0.4, 0.5) is 5.69 Å². The van der Waals surface area contributed by atoms with Crippen molar-refractivity contribution in [2.24, 2.45) is 0 Å². The van der Waals surface area contributed by atoms with Crippen LogP contribution in [0.15, 0.2) is 41.8 Å². The van der Waals surface area contributed by atoms with Crippen molar-refractivity contribution in [3.8, 4) is 0 Å². The maximum atomic E-state index is 5.49. The molecule has 0 radical (unpaired) electrons. The normalized spacial score (nSPS) is 17.2. The van der Waals surface area contributed by atoms with Gasteiger partial charge in [-0.2, -0.15) is 0 Å². The molecule has 134 valence electrons. The van der Waals surface area contributed by atoms with Gasteiger partial charge >= 0.3 is 0 Å². The molecular weight excluding hydrogens is 348 g/mol. The Bertz CT molecular complexity index is 661. The fourth-order valence-corrected chi connectivity index (χ4v) is 4.09. The van der Waals surface area contributed by atoms with Gasteiger partial charge in [-0.15, -0.1) is 11.3 Å². The van der Waals surface area contributed by atoms with Gasteiger partial charge in [0.2, 0.25) is 0 Å². The summed E-state index contributed by atoms with van der Waals surface area (Å²) in [5, 5.41) is 9.53. The Labute approximate surface area is 159 Å². The Hall–Kier alpha value is -1.47. The van der Waals surface area contributed by atoms with Gasteiger partial charge in [0, 0.05) is 43.3 Å². The molecule has 1 aliphatic heterocycles. The first-order valence-corrected chi connectivity index (χ1v) is 9.98. The number of rotatable bonds is 5. The molecule has 0 saturated carbocycles. The second-order valence-electron chi connectivity index (χ2n) is 6.57. The second kappa shape index (κ2) is 8.76. The average Bonchev–Trinajstić information content (AvgIpc) is 3.13. The van der Waals surface area contributed by atoms with Crippen molar-refractivity contribution in [2.45, 2.75) is 13.0 Å². The summed E-state index contributed by atoms with van der Waals surface area (Å²) in [4.78, 5) is 6.35. The largest absolute Gasteiger partial charge is 0.360 e. The van der Waals surface area contributed by atoms with E-state index in [2.05, 4.69) is 76.2 Å². The van der Waals surface area contributed by atoms with Gasteiger partial charge in [0.1, 0.15) is 0 Å². The fourth-order valence-electron chi connectivity index (χ4n) is 3.03. The van der Waals surface area contributed by atoms with Crippen molar-refractivity contribution >= 4 is 34.4 Å². The van der Waals surface area contributed by atoms with Crippen LogP contribution in [-0.2, 0) is 0 Å². The lowest BCUT2D eigenvalue weighted by atomic mass is 10.1. The van der Waals surface area contributed by atoms with E-state index in [0.717, 1.165) is 38.4 Å². The number of hydrogen-bond donors (Lipinski definition) is 2. The zero-order chi connectivity index (χ0) is 17.6. The van der Waals surface area contributed by atoms with Gasteiger partial charge in [-0.3, -0.25) is 4.90 Å². The summed E-state index contributed by atoms with van der Waals surface area (Å²) in [6, 6.07) is 13.0. The molecule has 6 heteroatoms. The van der Waals surface area contributed by atoms with Crippen LogP contribution in [0.1, 0.15) is 16.5 Å². The minimum Gasteiger partial charge on any atom is -0.360 e. The Balaban J connectivity index is 1.58. The fraction of sp³-hybridized carbons (Fsp3) is 0.421. The lowest BCUT2D eigenvalue weighted by Crippen LogP contribution is -2.48. The molecule has 2 aromatic rings. The predicted molar refractivity (Wildman–Crippen MR) is 112 cm³/mol. The number of thiophene rings is 1. The Kier molecular flexibility index (Phi) is 6.42. The highest BCUT2D eigenvalue weighted by Crippen LogP contribution is 2.25. The van der Waals surface area contributed by atoms with E-state index in [4.69, 9.17) is 12.2 Å². The third-order valence-electron chi connectivity index (χ3n) is 4.62. The minimum atomic E-state index is 0.367. The molecule has 2 heterocycles. The van der Waals surface area contributed by atoms with E-state index in [0.29, 0.717) is 11.2 Å². The molecule has 0 spiro atoms. The number of nitrogens with one attached hydrogen (secondary N) is 2. The molecule has 1 aromatic carbocycles. The lowest BCUT2D eigenvalue weighted by Gasteiger charge is -2.37. The van der Waals surface area contributed by atoms with Crippen LogP contribution < -0.4 is 10.6 Å². The van der Waals surface area contributed by atoms with Gasteiger partial charge in [-0.25, -0.2) is 0 Å². The van der Waals surface area contributed by atoms with E-state index in [-0.39, 0.29) is 0 Å². The summed E-state index contributed by atoms with van der Waals surface area (Å²) in [7, 11) is 2.19. The van der Waals surface area contributed by atoms with E-state index in [1.165, 1.54) is 10.4 Å². The van der Waals surface area contributed by atoms with Gasteiger partial charge in [0.15, 0.2) is 5.11 Å². The number of hydrogen-bond acceptors (Lipinski definition) is 4. The Morgan fingerprint density at radius 2 is 1.88 bits per heavy atom. The Morgan fingerprint density at radius 1 is 1.16 bits per heavy atom. The van der Waals surface area contributed by atoms with Crippen molar-refractivity contribution < 1.29 is 0 Å². The maximum Gasteiger partial charge on any atom is 0.170 e. The summed E-state index contributed by atoms with van der Waals surface area (Å²) < 4.78 is 0. The SMILES string of the molecule is Cc1ccc(NC(=S)NCC(c2cccs2)N2CCN(C)CC2)cc1. The number of anilines is 1. The predicted octanol–water partition coefficient (Wildman–Crippen LogP) is 3.33. The van der Waals surface area contributed by atoms with Crippen molar-refractivity contribution in [3.05, 3.63) is 52.2 Å². The van der Waals surface area contributed by atoms with E-state index in [1.807, 2.05) is 11.3 Å². The lowest BCUT2D eigenvalue weighted by molar-refractivity contribution is 0.114. The smallest absolute Gasteiger partial charge is 0.170 e. The van der Waals surface area contributed by atoms with Crippen LogP contribution in [0.3, 0.4) is 0 Å². The summed E-state index contributed by atoms with van der Waals surface area (Å²) in [6.45, 7) is 7.34. The number of thiocarbonyl (C=S) groups is 1. The molecule has 1 atom stereocenters. The first-order chi connectivity index (χ1) is 12.1. The topological polar surface area (TPSA) is 30.5 Å². The van der Waals surface area contributed by atoms with Crippen molar-refractivity contribution in [1.29, 1.82) is 0 Å². The van der Waals surface area contributed by atoms with Gasteiger partial charge in [0.25, 0.3) is 0 Å². The van der Waals surface area contributed by atoms with Gasteiger partial charge in [0.05, 0.1) is 6.04 Å². The highest BCUT2D eigenvalue weighted by molar-refractivity contribution is 7.80. The molecule has 0 bridgehead atoms. The molecule has 1 aliphatic rings. The monoisotopic (exact) mass is 374 g/mol. The third kappa shape index (κ3) is 5.25. The summed E-state index contributed by atoms with van der Waals surface area (Å²) in [6.07, 6.45) is 0. The number of nitrogens with zero attached hydrogens (tertiary/aromatic N) is 2. The molecular formula is C19H26N4S2. The molecule has 1 saturated heterocycles. The molecule has 1 unspecified atom stereocenters. The van der Waals surface area contributed by atoms with Crippen molar-refractivity contribution in [3.63, 3.8) is 0 Å². The number of benzene rings is 1. The van der Waals surface area contributed by atoms with E-state index < -0.39 is 0 Å². The van der Waals surface area contributed by atoms with E-state index in [1.54, 1.807) is 0 Å². The Morgan fingerprint density at radius 3 is 2.52 bits per heavy atom. The van der Waals surface area contributed by atoms with Crippen LogP contribution in [0.2, 0.25) is 0 Å². The molecule has 4 nitrogen and oxygen atoms in total. The molecule has 0 amide bonds. The first kappa shape index (κ1) is 18.3. The zero-order valence-electron chi connectivity index (χ0n) is 14.9. The van der Waals surface area contributed by atoms with Crippen LogP contribution >= 0.6 is 23.6 Å². The maximum absolute atomic E-state index is 5.49. The van der Waals surface area contributed by atoms with Gasteiger partial charge < -0.3 is 15.5 Å². The molecule has 0 aliphatic carbocycles. The highest BCUT2D eigenvalue weighted by atomic mass is 32.1. The van der Waals surface area contributed by atoms with Crippen LogP contribution in [0.25, 0.3) is 0 Å². The minimum absolute atomic E-state index is 0.367. The van der Waals surface area contributed by atoms with Crippen LogP contribution in [-0.4, -0.2) is 54.7 Å². The van der Waals surface area contributed by atoms with E-state index in [9.17, 15) is 0 Å². The average molecular weight is 375 g/mol. The highest BCUT2D eigenvalue weighted by Gasteiger charge is 2.24. The molecule has 1 aromatic heterocycles. The second-order valence-corrected chi connectivity index (χ2v) is 7.96. The summed E-state index contributed by atoms with van der Waals surface area (Å²) in [5.41, 5.74) is 2.27.